The molecule has 0 radical (unpaired) electrons. The Balaban J connectivity index is 1.92. The fourth-order valence-electron chi connectivity index (χ4n) is 2.13. The van der Waals surface area contributed by atoms with Crippen molar-refractivity contribution in [2.24, 2.45) is 0 Å². The smallest absolute Gasteiger partial charge is 0.123 e. The van der Waals surface area contributed by atoms with Gasteiger partial charge in [0.1, 0.15) is 5.82 Å². The summed E-state index contributed by atoms with van der Waals surface area (Å²) in [4.78, 5) is 0. The van der Waals surface area contributed by atoms with Crippen LogP contribution in [-0.4, -0.2) is 17.0 Å². The minimum atomic E-state index is -0.166. The van der Waals surface area contributed by atoms with Gasteiger partial charge in [-0.25, -0.2) is 4.39 Å². The molecule has 1 fully saturated rings. The molecule has 0 aliphatic carbocycles. The SMILES string of the molecule is CC1CC(N[C@@H](C)c2ccc(F)cc2)CS1. The highest BCUT2D eigenvalue weighted by Gasteiger charge is 2.23. The second-order valence-electron chi connectivity index (χ2n) is 4.52. The second-order valence-corrected chi connectivity index (χ2v) is 5.99. The molecule has 1 heterocycles. The molecule has 2 rings (SSSR count). The standard InChI is InChI=1S/C13H18FNS/c1-9-7-13(8-16-9)15-10(2)11-3-5-12(14)6-4-11/h3-6,9-10,13,15H,7-8H2,1-2H3/t9?,10-,13?/m0/s1. The summed E-state index contributed by atoms with van der Waals surface area (Å²) < 4.78 is 12.8. The van der Waals surface area contributed by atoms with Crippen LogP contribution in [0.2, 0.25) is 0 Å². The fraction of sp³-hybridized carbons (Fsp3) is 0.538. The zero-order valence-corrected chi connectivity index (χ0v) is 10.6. The van der Waals surface area contributed by atoms with E-state index < -0.39 is 0 Å². The molecule has 3 heteroatoms. The van der Waals surface area contributed by atoms with E-state index in [1.54, 1.807) is 0 Å². The molecule has 0 spiro atoms. The predicted molar refractivity (Wildman–Crippen MR) is 68.3 cm³/mol. The predicted octanol–water partition coefficient (Wildman–Crippen LogP) is 3.37. The first-order valence-electron chi connectivity index (χ1n) is 5.78. The van der Waals surface area contributed by atoms with E-state index in [2.05, 4.69) is 19.2 Å². The third-order valence-corrected chi connectivity index (χ3v) is 4.41. The lowest BCUT2D eigenvalue weighted by Crippen LogP contribution is -2.31. The van der Waals surface area contributed by atoms with Gasteiger partial charge < -0.3 is 5.32 Å². The number of halogens is 1. The lowest BCUT2D eigenvalue weighted by atomic mass is 10.1. The third-order valence-electron chi connectivity index (χ3n) is 3.05. The van der Waals surface area contributed by atoms with Crippen molar-refractivity contribution in [1.29, 1.82) is 0 Å². The van der Waals surface area contributed by atoms with Crippen molar-refractivity contribution in [3.8, 4) is 0 Å². The average Bonchev–Trinajstić information content (AvgIpc) is 2.65. The molecule has 0 amide bonds. The molecule has 1 nitrogen and oxygen atoms in total. The van der Waals surface area contributed by atoms with Gasteiger partial charge in [-0.2, -0.15) is 11.8 Å². The Bertz CT molecular complexity index is 338. The summed E-state index contributed by atoms with van der Waals surface area (Å²) in [5.41, 5.74) is 1.16. The molecule has 1 aromatic carbocycles. The van der Waals surface area contributed by atoms with Gasteiger partial charge in [0.25, 0.3) is 0 Å². The molecule has 0 saturated carbocycles. The first-order chi connectivity index (χ1) is 7.65. The van der Waals surface area contributed by atoms with Crippen LogP contribution in [0.1, 0.15) is 31.9 Å². The monoisotopic (exact) mass is 239 g/mol. The molecule has 1 aromatic rings. The van der Waals surface area contributed by atoms with E-state index in [9.17, 15) is 4.39 Å². The number of hydrogen-bond acceptors (Lipinski definition) is 2. The van der Waals surface area contributed by atoms with E-state index in [0.29, 0.717) is 12.1 Å². The van der Waals surface area contributed by atoms with Crippen LogP contribution in [0.25, 0.3) is 0 Å². The summed E-state index contributed by atoms with van der Waals surface area (Å²) in [5, 5.41) is 4.36. The van der Waals surface area contributed by atoms with Gasteiger partial charge in [0.15, 0.2) is 0 Å². The highest BCUT2D eigenvalue weighted by Crippen LogP contribution is 2.27. The minimum absolute atomic E-state index is 0.166. The van der Waals surface area contributed by atoms with Crippen LogP contribution in [0.3, 0.4) is 0 Å². The van der Waals surface area contributed by atoms with Crippen molar-refractivity contribution >= 4 is 11.8 Å². The lowest BCUT2D eigenvalue weighted by molar-refractivity contribution is 0.474. The van der Waals surface area contributed by atoms with Gasteiger partial charge in [-0.1, -0.05) is 19.1 Å². The molecule has 1 aliphatic rings. The van der Waals surface area contributed by atoms with Crippen LogP contribution in [0, 0.1) is 5.82 Å². The van der Waals surface area contributed by atoms with Gasteiger partial charge in [0.2, 0.25) is 0 Å². The molecule has 3 atom stereocenters. The van der Waals surface area contributed by atoms with Gasteiger partial charge >= 0.3 is 0 Å². The maximum atomic E-state index is 12.8. The molecule has 88 valence electrons. The number of benzene rings is 1. The average molecular weight is 239 g/mol. The van der Waals surface area contributed by atoms with Gasteiger partial charge in [-0.15, -0.1) is 0 Å². The molecular weight excluding hydrogens is 221 g/mol. The van der Waals surface area contributed by atoms with Crippen LogP contribution in [0.15, 0.2) is 24.3 Å². The maximum Gasteiger partial charge on any atom is 0.123 e. The summed E-state index contributed by atoms with van der Waals surface area (Å²) >= 11 is 2.02. The summed E-state index contributed by atoms with van der Waals surface area (Å²) in [6.45, 7) is 4.41. The Labute approximate surface area is 101 Å². The zero-order chi connectivity index (χ0) is 11.5. The highest BCUT2D eigenvalue weighted by atomic mass is 32.2. The normalized spacial score (nSPS) is 26.9. The number of rotatable bonds is 3. The van der Waals surface area contributed by atoms with Crippen molar-refractivity contribution in [2.75, 3.05) is 5.75 Å². The van der Waals surface area contributed by atoms with Crippen LogP contribution in [-0.2, 0) is 0 Å². The number of hydrogen-bond donors (Lipinski definition) is 1. The largest absolute Gasteiger partial charge is 0.307 e. The molecule has 16 heavy (non-hydrogen) atoms. The Hall–Kier alpha value is -0.540. The van der Waals surface area contributed by atoms with Gasteiger partial charge in [-0.3, -0.25) is 0 Å². The minimum Gasteiger partial charge on any atom is -0.307 e. The van der Waals surface area contributed by atoms with Crippen molar-refractivity contribution < 1.29 is 4.39 Å². The Kier molecular flexibility index (Phi) is 3.87. The summed E-state index contributed by atoms with van der Waals surface area (Å²) in [6, 6.07) is 7.67. The highest BCUT2D eigenvalue weighted by molar-refractivity contribution is 8.00. The van der Waals surface area contributed by atoms with E-state index in [-0.39, 0.29) is 5.82 Å². The molecule has 0 bridgehead atoms. The Morgan fingerprint density at radius 2 is 2.06 bits per heavy atom. The van der Waals surface area contributed by atoms with E-state index in [0.717, 1.165) is 10.8 Å². The van der Waals surface area contributed by atoms with Crippen molar-refractivity contribution in [1.82, 2.24) is 5.32 Å². The van der Waals surface area contributed by atoms with Gasteiger partial charge in [0, 0.05) is 23.1 Å². The zero-order valence-electron chi connectivity index (χ0n) is 9.74. The third kappa shape index (κ3) is 2.98. The van der Waals surface area contributed by atoms with E-state index in [1.807, 2.05) is 23.9 Å². The van der Waals surface area contributed by atoms with Crippen molar-refractivity contribution in [3.63, 3.8) is 0 Å². The van der Waals surface area contributed by atoms with Crippen LogP contribution < -0.4 is 5.32 Å². The lowest BCUT2D eigenvalue weighted by Gasteiger charge is -2.19. The summed E-state index contributed by atoms with van der Waals surface area (Å²) in [6.07, 6.45) is 1.23. The molecule has 1 aliphatic heterocycles. The number of nitrogens with one attached hydrogen (secondary N) is 1. The number of thioether (sulfide) groups is 1. The van der Waals surface area contributed by atoms with Gasteiger partial charge in [-0.05, 0) is 31.0 Å². The Morgan fingerprint density at radius 1 is 1.38 bits per heavy atom. The topological polar surface area (TPSA) is 12.0 Å². The molecular formula is C13H18FNS. The van der Waals surface area contributed by atoms with Gasteiger partial charge in [0.05, 0.1) is 0 Å². The quantitative estimate of drug-likeness (QED) is 0.868. The van der Waals surface area contributed by atoms with E-state index >= 15 is 0 Å². The van der Waals surface area contributed by atoms with E-state index in [1.165, 1.54) is 24.3 Å². The molecule has 2 unspecified atom stereocenters. The molecule has 1 saturated heterocycles. The van der Waals surface area contributed by atoms with Crippen LogP contribution >= 0.6 is 11.8 Å². The summed E-state index contributed by atoms with van der Waals surface area (Å²) in [5.74, 6) is 1.02. The molecule has 0 aromatic heterocycles. The Morgan fingerprint density at radius 3 is 2.62 bits per heavy atom. The maximum absolute atomic E-state index is 12.8. The van der Waals surface area contributed by atoms with E-state index in [4.69, 9.17) is 0 Å². The van der Waals surface area contributed by atoms with Crippen molar-refractivity contribution in [3.05, 3.63) is 35.6 Å². The first kappa shape index (κ1) is 11.9. The van der Waals surface area contributed by atoms with Crippen LogP contribution in [0.5, 0.6) is 0 Å². The van der Waals surface area contributed by atoms with Crippen LogP contribution in [0.4, 0.5) is 4.39 Å². The van der Waals surface area contributed by atoms with Crippen molar-refractivity contribution in [2.45, 2.75) is 37.6 Å². The molecule has 1 N–H and O–H groups in total. The first-order valence-corrected chi connectivity index (χ1v) is 6.83. The second kappa shape index (κ2) is 5.19. The fourth-order valence-corrected chi connectivity index (χ4v) is 3.30. The summed E-state index contributed by atoms with van der Waals surface area (Å²) in [7, 11) is 0.